The number of nitrogens with one attached hydrogen (secondary N) is 1. The molecule has 1 amide bonds. The standard InChI is InChI=1S/C23H21N3O4/c1-14-24-11-15(12-25-14)21(10-22(27)28)26-23(29)30-13-20-18-8-4-2-6-16(18)17-7-3-5-9-19(17)20/h2-9,11-12,20-21H,10,13H2,1H3,(H,26,29)(H,27,28)/t21-/m0/s1. The number of ether oxygens (including phenoxy) is 1. The highest BCUT2D eigenvalue weighted by molar-refractivity contribution is 5.79. The van der Waals surface area contributed by atoms with Gasteiger partial charge in [-0.05, 0) is 29.2 Å². The Labute approximate surface area is 173 Å². The molecule has 2 aromatic carbocycles. The van der Waals surface area contributed by atoms with Crippen LogP contribution in [-0.4, -0.2) is 33.7 Å². The van der Waals surface area contributed by atoms with Gasteiger partial charge in [-0.3, -0.25) is 4.79 Å². The van der Waals surface area contributed by atoms with E-state index >= 15 is 0 Å². The van der Waals surface area contributed by atoms with E-state index in [0.29, 0.717) is 11.4 Å². The molecular weight excluding hydrogens is 382 g/mol. The van der Waals surface area contributed by atoms with E-state index in [4.69, 9.17) is 4.74 Å². The summed E-state index contributed by atoms with van der Waals surface area (Å²) in [6, 6.07) is 15.4. The number of carbonyl (C=O) groups excluding carboxylic acids is 1. The zero-order valence-corrected chi connectivity index (χ0v) is 16.4. The summed E-state index contributed by atoms with van der Waals surface area (Å²) < 4.78 is 5.51. The lowest BCUT2D eigenvalue weighted by molar-refractivity contribution is -0.137. The zero-order chi connectivity index (χ0) is 21.1. The van der Waals surface area contributed by atoms with Crippen molar-refractivity contribution in [3.63, 3.8) is 0 Å². The minimum Gasteiger partial charge on any atom is -0.481 e. The Balaban J connectivity index is 1.47. The van der Waals surface area contributed by atoms with Crippen molar-refractivity contribution in [3.8, 4) is 11.1 Å². The second-order valence-corrected chi connectivity index (χ2v) is 7.18. The van der Waals surface area contributed by atoms with Gasteiger partial charge in [0.15, 0.2) is 0 Å². The third-order valence-electron chi connectivity index (χ3n) is 5.22. The third-order valence-corrected chi connectivity index (χ3v) is 5.22. The third kappa shape index (κ3) is 4.00. The first-order valence-corrected chi connectivity index (χ1v) is 9.65. The lowest BCUT2D eigenvalue weighted by Gasteiger charge is -2.19. The van der Waals surface area contributed by atoms with E-state index in [1.807, 2.05) is 36.4 Å². The van der Waals surface area contributed by atoms with Crippen molar-refractivity contribution in [3.05, 3.63) is 83.4 Å². The molecule has 1 heterocycles. The Morgan fingerprint density at radius 1 is 1.03 bits per heavy atom. The number of fused-ring (bicyclic) bond motifs is 3. The molecule has 152 valence electrons. The summed E-state index contributed by atoms with van der Waals surface area (Å²) >= 11 is 0. The summed E-state index contributed by atoms with van der Waals surface area (Å²) in [5.74, 6) is -0.544. The van der Waals surface area contributed by atoms with Gasteiger partial charge < -0.3 is 15.2 Å². The number of alkyl carbamates (subject to hydrolysis) is 1. The fourth-order valence-corrected chi connectivity index (χ4v) is 3.79. The molecule has 3 aromatic rings. The number of aliphatic carboxylic acids is 1. The normalized spacial score (nSPS) is 13.2. The van der Waals surface area contributed by atoms with Crippen molar-refractivity contribution in [2.45, 2.75) is 25.3 Å². The Kier molecular flexibility index (Phi) is 5.43. The molecule has 4 rings (SSSR count). The topological polar surface area (TPSA) is 101 Å². The molecule has 0 saturated heterocycles. The molecule has 2 N–H and O–H groups in total. The number of carboxylic acids is 1. The molecule has 0 aliphatic heterocycles. The van der Waals surface area contributed by atoms with Crippen molar-refractivity contribution in [2.24, 2.45) is 0 Å². The van der Waals surface area contributed by atoms with Gasteiger partial charge in [0.2, 0.25) is 0 Å². The molecule has 1 aliphatic carbocycles. The van der Waals surface area contributed by atoms with E-state index in [1.54, 1.807) is 6.92 Å². The summed E-state index contributed by atoms with van der Waals surface area (Å²) in [6.07, 6.45) is 2.05. The number of benzene rings is 2. The second-order valence-electron chi connectivity index (χ2n) is 7.18. The van der Waals surface area contributed by atoms with E-state index < -0.39 is 18.1 Å². The maximum Gasteiger partial charge on any atom is 0.407 e. The molecule has 0 bridgehead atoms. The summed E-state index contributed by atoms with van der Waals surface area (Å²) in [5, 5.41) is 11.8. The number of carbonyl (C=O) groups is 2. The smallest absolute Gasteiger partial charge is 0.407 e. The maximum absolute atomic E-state index is 12.5. The van der Waals surface area contributed by atoms with Crippen LogP contribution >= 0.6 is 0 Å². The van der Waals surface area contributed by atoms with Crippen LogP contribution in [0.15, 0.2) is 60.9 Å². The van der Waals surface area contributed by atoms with Crippen LogP contribution < -0.4 is 5.32 Å². The highest BCUT2D eigenvalue weighted by atomic mass is 16.5. The van der Waals surface area contributed by atoms with Gasteiger partial charge in [0, 0.05) is 23.9 Å². The quantitative estimate of drug-likeness (QED) is 0.648. The number of aromatic nitrogens is 2. The Bertz CT molecular complexity index is 1040. The molecule has 0 radical (unpaired) electrons. The first-order valence-electron chi connectivity index (χ1n) is 9.65. The largest absolute Gasteiger partial charge is 0.481 e. The van der Waals surface area contributed by atoms with Crippen molar-refractivity contribution in [1.82, 2.24) is 15.3 Å². The Morgan fingerprint density at radius 2 is 1.60 bits per heavy atom. The van der Waals surface area contributed by atoms with E-state index in [-0.39, 0.29) is 18.9 Å². The van der Waals surface area contributed by atoms with Crippen molar-refractivity contribution < 1.29 is 19.4 Å². The van der Waals surface area contributed by atoms with Crippen LogP contribution in [0.4, 0.5) is 4.79 Å². The summed E-state index contributed by atoms with van der Waals surface area (Å²) in [5.41, 5.74) is 5.02. The lowest BCUT2D eigenvalue weighted by atomic mass is 9.98. The van der Waals surface area contributed by atoms with Gasteiger partial charge in [-0.15, -0.1) is 0 Å². The van der Waals surface area contributed by atoms with Crippen LogP contribution in [0.3, 0.4) is 0 Å². The van der Waals surface area contributed by atoms with Crippen LogP contribution in [0, 0.1) is 6.92 Å². The maximum atomic E-state index is 12.5. The molecule has 0 fully saturated rings. The number of aryl methyl sites for hydroxylation is 1. The zero-order valence-electron chi connectivity index (χ0n) is 16.4. The number of rotatable bonds is 6. The van der Waals surface area contributed by atoms with Crippen LogP contribution in [0.5, 0.6) is 0 Å². The minimum absolute atomic E-state index is 0.0659. The van der Waals surface area contributed by atoms with Gasteiger partial charge in [0.1, 0.15) is 12.4 Å². The minimum atomic E-state index is -1.04. The summed E-state index contributed by atoms with van der Waals surface area (Å²) in [6.45, 7) is 1.89. The predicted molar refractivity (Wildman–Crippen MR) is 110 cm³/mol. The van der Waals surface area contributed by atoms with E-state index in [1.165, 1.54) is 12.4 Å². The fraction of sp³-hybridized carbons (Fsp3) is 0.217. The Morgan fingerprint density at radius 3 is 2.17 bits per heavy atom. The van der Waals surface area contributed by atoms with E-state index in [0.717, 1.165) is 22.3 Å². The molecule has 0 spiro atoms. The van der Waals surface area contributed by atoms with Gasteiger partial charge in [0.25, 0.3) is 0 Å². The number of hydrogen-bond donors (Lipinski definition) is 2. The average Bonchev–Trinajstić information content (AvgIpc) is 3.06. The fourth-order valence-electron chi connectivity index (χ4n) is 3.79. The Hall–Kier alpha value is -3.74. The van der Waals surface area contributed by atoms with Crippen molar-refractivity contribution >= 4 is 12.1 Å². The lowest BCUT2D eigenvalue weighted by Crippen LogP contribution is -2.32. The number of carboxylic acid groups (broad SMARTS) is 1. The summed E-state index contributed by atoms with van der Waals surface area (Å²) in [7, 11) is 0. The van der Waals surface area contributed by atoms with Crippen LogP contribution in [0.25, 0.3) is 11.1 Å². The second kappa shape index (κ2) is 8.32. The van der Waals surface area contributed by atoms with Crippen LogP contribution in [0.2, 0.25) is 0 Å². The van der Waals surface area contributed by atoms with Gasteiger partial charge in [0.05, 0.1) is 12.5 Å². The highest BCUT2D eigenvalue weighted by Crippen LogP contribution is 2.44. The molecule has 7 heteroatoms. The van der Waals surface area contributed by atoms with Crippen molar-refractivity contribution in [2.75, 3.05) is 6.61 Å². The molecule has 1 aliphatic rings. The monoisotopic (exact) mass is 403 g/mol. The van der Waals surface area contributed by atoms with Crippen molar-refractivity contribution in [1.29, 1.82) is 0 Å². The van der Waals surface area contributed by atoms with Gasteiger partial charge in [-0.2, -0.15) is 0 Å². The first kappa shape index (κ1) is 19.6. The first-order chi connectivity index (χ1) is 14.5. The number of amides is 1. The molecule has 7 nitrogen and oxygen atoms in total. The molecule has 0 unspecified atom stereocenters. The molecule has 1 atom stereocenters. The van der Waals surface area contributed by atoms with Gasteiger partial charge >= 0.3 is 12.1 Å². The molecule has 30 heavy (non-hydrogen) atoms. The highest BCUT2D eigenvalue weighted by Gasteiger charge is 2.29. The van der Waals surface area contributed by atoms with Gasteiger partial charge in [-0.25, -0.2) is 14.8 Å². The van der Waals surface area contributed by atoms with Crippen LogP contribution in [0.1, 0.15) is 40.9 Å². The average molecular weight is 403 g/mol. The van der Waals surface area contributed by atoms with E-state index in [2.05, 4.69) is 27.4 Å². The number of nitrogens with zero attached hydrogens (tertiary/aromatic N) is 2. The number of hydrogen-bond acceptors (Lipinski definition) is 5. The SMILES string of the molecule is Cc1ncc([C@H](CC(=O)O)NC(=O)OCC2c3ccccc3-c3ccccc32)cn1. The molecule has 1 aromatic heterocycles. The molecular formula is C23H21N3O4. The predicted octanol–water partition coefficient (Wildman–Crippen LogP) is 3.84. The van der Waals surface area contributed by atoms with Gasteiger partial charge in [-0.1, -0.05) is 48.5 Å². The van der Waals surface area contributed by atoms with Crippen LogP contribution in [-0.2, 0) is 9.53 Å². The summed E-state index contributed by atoms with van der Waals surface area (Å²) in [4.78, 5) is 31.9. The van der Waals surface area contributed by atoms with E-state index in [9.17, 15) is 14.7 Å². The molecule has 0 saturated carbocycles.